The Morgan fingerprint density at radius 1 is 1.07 bits per heavy atom. The summed E-state index contributed by atoms with van der Waals surface area (Å²) < 4.78 is 23.2. The Kier molecular flexibility index (Phi) is 4.72. The summed E-state index contributed by atoms with van der Waals surface area (Å²) in [5.74, 6) is 1.59. The van der Waals surface area contributed by atoms with Gasteiger partial charge in [-0.25, -0.2) is 0 Å². The molecule has 0 aliphatic carbocycles. The lowest BCUT2D eigenvalue weighted by Gasteiger charge is -2.38. The number of hydrogen-bond acceptors (Lipinski definition) is 5. The highest BCUT2D eigenvalue weighted by molar-refractivity contribution is 9.10. The van der Waals surface area contributed by atoms with Crippen LogP contribution in [0.5, 0.6) is 11.5 Å². The van der Waals surface area contributed by atoms with E-state index in [1.165, 1.54) is 0 Å². The number of para-hydroxylation sites is 1. The predicted octanol–water partition coefficient (Wildman–Crippen LogP) is 4.40. The monoisotopic (exact) mass is 457 g/mol. The molecule has 1 fully saturated rings. The van der Waals surface area contributed by atoms with E-state index in [1.54, 1.807) is 6.07 Å². The Morgan fingerprint density at radius 2 is 1.90 bits per heavy atom. The molecule has 0 radical (unpaired) electrons. The molecule has 0 bridgehead atoms. The highest BCUT2D eigenvalue weighted by Gasteiger charge is 2.36. The molecule has 1 amide bonds. The Balaban J connectivity index is 1.39. The SMILES string of the molecule is O=C(NCC1(c2ccc3c(c2)OCO3)CCOCC1)c1cc2cccc(Br)c2o1. The fourth-order valence-electron chi connectivity index (χ4n) is 4.03. The van der Waals surface area contributed by atoms with Crippen LogP contribution in [-0.2, 0) is 10.2 Å². The summed E-state index contributed by atoms with van der Waals surface area (Å²) in [6, 6.07) is 13.5. The zero-order valence-corrected chi connectivity index (χ0v) is 17.3. The van der Waals surface area contributed by atoms with Crippen LogP contribution >= 0.6 is 15.9 Å². The molecule has 0 saturated carbocycles. The highest BCUT2D eigenvalue weighted by Crippen LogP contribution is 2.40. The van der Waals surface area contributed by atoms with Crippen LogP contribution in [0.2, 0.25) is 0 Å². The molecule has 5 rings (SSSR count). The van der Waals surface area contributed by atoms with Crippen molar-refractivity contribution < 1.29 is 23.4 Å². The minimum absolute atomic E-state index is 0.221. The van der Waals surface area contributed by atoms with E-state index in [9.17, 15) is 4.79 Å². The molecule has 6 nitrogen and oxygen atoms in total. The molecule has 1 aromatic heterocycles. The van der Waals surface area contributed by atoms with E-state index >= 15 is 0 Å². The van der Waals surface area contributed by atoms with Gasteiger partial charge in [-0.3, -0.25) is 4.79 Å². The van der Waals surface area contributed by atoms with Gasteiger partial charge in [-0.1, -0.05) is 18.2 Å². The van der Waals surface area contributed by atoms with E-state index in [1.807, 2.05) is 30.3 Å². The van der Waals surface area contributed by atoms with Gasteiger partial charge in [-0.05, 0) is 58.6 Å². The van der Waals surface area contributed by atoms with Crippen molar-refractivity contribution in [3.8, 4) is 11.5 Å². The van der Waals surface area contributed by atoms with Crippen LogP contribution in [0, 0.1) is 0 Å². The van der Waals surface area contributed by atoms with E-state index in [4.69, 9.17) is 18.6 Å². The molecule has 3 aromatic rings. The summed E-state index contributed by atoms with van der Waals surface area (Å²) in [6.45, 7) is 2.05. The van der Waals surface area contributed by atoms with Gasteiger partial charge in [0, 0.05) is 30.6 Å². The van der Waals surface area contributed by atoms with Crippen molar-refractivity contribution in [2.24, 2.45) is 0 Å². The number of carbonyl (C=O) groups is 1. The normalized spacial score (nSPS) is 17.4. The van der Waals surface area contributed by atoms with Crippen LogP contribution in [0.4, 0.5) is 0 Å². The summed E-state index contributed by atoms with van der Waals surface area (Å²) in [4.78, 5) is 12.8. The van der Waals surface area contributed by atoms with Gasteiger partial charge >= 0.3 is 0 Å². The van der Waals surface area contributed by atoms with Crippen molar-refractivity contribution in [2.45, 2.75) is 18.3 Å². The molecular formula is C22H20BrNO5. The summed E-state index contributed by atoms with van der Waals surface area (Å²) in [7, 11) is 0. The fourth-order valence-corrected chi connectivity index (χ4v) is 4.49. The standard InChI is InChI=1S/C22H20BrNO5/c23-16-3-1-2-14-10-19(29-20(14)16)21(25)24-12-22(6-8-26-9-7-22)15-4-5-17-18(11-15)28-13-27-17/h1-5,10-11H,6-9,12-13H2,(H,24,25). The quantitative estimate of drug-likeness (QED) is 0.628. The van der Waals surface area contributed by atoms with Gasteiger partial charge in [0.05, 0.1) is 4.47 Å². The lowest BCUT2D eigenvalue weighted by molar-refractivity contribution is 0.0484. The smallest absolute Gasteiger partial charge is 0.287 e. The number of amides is 1. The largest absolute Gasteiger partial charge is 0.454 e. The third-order valence-electron chi connectivity index (χ3n) is 5.74. The Hall–Kier alpha value is -2.51. The van der Waals surface area contributed by atoms with Gasteiger partial charge < -0.3 is 23.9 Å². The van der Waals surface area contributed by atoms with Crippen LogP contribution in [0.3, 0.4) is 0 Å². The zero-order valence-electron chi connectivity index (χ0n) is 15.7. The lowest BCUT2D eigenvalue weighted by Crippen LogP contribution is -2.44. The number of benzene rings is 2. The third kappa shape index (κ3) is 3.38. The lowest BCUT2D eigenvalue weighted by atomic mass is 9.74. The van der Waals surface area contributed by atoms with Crippen LogP contribution < -0.4 is 14.8 Å². The maximum atomic E-state index is 12.8. The van der Waals surface area contributed by atoms with Gasteiger partial charge in [-0.15, -0.1) is 0 Å². The highest BCUT2D eigenvalue weighted by atomic mass is 79.9. The molecule has 2 aliphatic rings. The number of ether oxygens (including phenoxy) is 3. The van der Waals surface area contributed by atoms with Crippen molar-refractivity contribution in [3.05, 3.63) is 58.3 Å². The summed E-state index contributed by atoms with van der Waals surface area (Å²) in [5, 5.41) is 3.97. The molecule has 3 heterocycles. The van der Waals surface area contributed by atoms with E-state index in [0.29, 0.717) is 31.1 Å². The number of halogens is 1. The molecular weight excluding hydrogens is 438 g/mol. The topological polar surface area (TPSA) is 69.9 Å². The van der Waals surface area contributed by atoms with E-state index in [0.717, 1.165) is 39.8 Å². The molecule has 1 saturated heterocycles. The van der Waals surface area contributed by atoms with Crippen LogP contribution in [-0.4, -0.2) is 32.5 Å². The maximum Gasteiger partial charge on any atom is 0.287 e. The van der Waals surface area contributed by atoms with Crippen molar-refractivity contribution in [3.63, 3.8) is 0 Å². The molecule has 1 N–H and O–H groups in total. The van der Waals surface area contributed by atoms with Gasteiger partial charge in [-0.2, -0.15) is 0 Å². The molecule has 0 unspecified atom stereocenters. The number of nitrogens with one attached hydrogen (secondary N) is 1. The number of rotatable bonds is 4. The maximum absolute atomic E-state index is 12.8. The third-order valence-corrected chi connectivity index (χ3v) is 6.37. The van der Waals surface area contributed by atoms with Gasteiger partial charge in [0.25, 0.3) is 5.91 Å². The zero-order chi connectivity index (χ0) is 19.8. The van der Waals surface area contributed by atoms with E-state index in [2.05, 4.69) is 27.3 Å². The van der Waals surface area contributed by atoms with Crippen molar-refractivity contribution in [1.29, 1.82) is 0 Å². The van der Waals surface area contributed by atoms with Gasteiger partial charge in [0.2, 0.25) is 6.79 Å². The van der Waals surface area contributed by atoms with Crippen molar-refractivity contribution in [2.75, 3.05) is 26.6 Å². The Labute approximate surface area is 176 Å². The first kappa shape index (κ1) is 18.5. The van der Waals surface area contributed by atoms with Crippen LogP contribution in [0.15, 0.2) is 51.4 Å². The second kappa shape index (κ2) is 7.39. The molecule has 0 spiro atoms. The minimum Gasteiger partial charge on any atom is -0.454 e. The number of carbonyl (C=O) groups excluding carboxylic acids is 1. The van der Waals surface area contributed by atoms with Gasteiger partial charge in [0.1, 0.15) is 5.58 Å². The number of furan rings is 1. The average molecular weight is 458 g/mol. The summed E-state index contributed by atoms with van der Waals surface area (Å²) in [6.07, 6.45) is 1.64. The first-order valence-electron chi connectivity index (χ1n) is 9.59. The fraction of sp³-hybridized carbons (Fsp3) is 0.318. The van der Waals surface area contributed by atoms with Crippen LogP contribution in [0.1, 0.15) is 29.0 Å². The molecule has 7 heteroatoms. The number of fused-ring (bicyclic) bond motifs is 2. The number of hydrogen-bond donors (Lipinski definition) is 1. The molecule has 29 heavy (non-hydrogen) atoms. The second-order valence-corrected chi connectivity index (χ2v) is 8.27. The van der Waals surface area contributed by atoms with Gasteiger partial charge in [0.15, 0.2) is 17.3 Å². The predicted molar refractivity (Wildman–Crippen MR) is 111 cm³/mol. The van der Waals surface area contributed by atoms with Crippen LogP contribution in [0.25, 0.3) is 11.0 Å². The Bertz CT molecular complexity index is 1070. The molecule has 0 atom stereocenters. The molecule has 2 aliphatic heterocycles. The molecule has 2 aromatic carbocycles. The second-order valence-electron chi connectivity index (χ2n) is 7.41. The summed E-state index contributed by atoms with van der Waals surface area (Å²) >= 11 is 3.46. The van der Waals surface area contributed by atoms with Crippen molar-refractivity contribution in [1.82, 2.24) is 5.32 Å². The van der Waals surface area contributed by atoms with E-state index in [-0.39, 0.29) is 18.1 Å². The summed E-state index contributed by atoms with van der Waals surface area (Å²) in [5.41, 5.74) is 1.58. The van der Waals surface area contributed by atoms with E-state index < -0.39 is 0 Å². The van der Waals surface area contributed by atoms with Crippen molar-refractivity contribution >= 4 is 32.8 Å². The average Bonchev–Trinajstić information content (AvgIpc) is 3.40. The minimum atomic E-state index is -0.222. The molecule has 150 valence electrons. The Morgan fingerprint density at radius 3 is 2.72 bits per heavy atom. The first-order valence-corrected chi connectivity index (χ1v) is 10.4. The first-order chi connectivity index (χ1) is 14.1.